The van der Waals surface area contributed by atoms with Gasteiger partial charge in [0, 0.05) is 16.4 Å². The second kappa shape index (κ2) is 9.96. The van der Waals surface area contributed by atoms with Crippen LogP contribution in [0.25, 0.3) is 21.7 Å². The van der Waals surface area contributed by atoms with Crippen molar-refractivity contribution in [3.05, 3.63) is 86.0 Å². The number of hydrogen-bond donors (Lipinski definition) is 1. The molecule has 0 aliphatic heterocycles. The number of benzene rings is 2. The Morgan fingerprint density at radius 3 is 2.73 bits per heavy atom. The van der Waals surface area contributed by atoms with Crippen LogP contribution in [0.2, 0.25) is 5.02 Å². The quantitative estimate of drug-likeness (QED) is 0.291. The molecule has 6 rings (SSSR count). The van der Waals surface area contributed by atoms with Gasteiger partial charge in [-0.1, -0.05) is 60.6 Å². The van der Waals surface area contributed by atoms with Crippen LogP contribution in [0.15, 0.2) is 64.5 Å². The molecule has 3 aromatic heterocycles. The minimum atomic E-state index is -0.0963. The minimum absolute atomic E-state index is 0.0906. The van der Waals surface area contributed by atoms with Gasteiger partial charge in [0.2, 0.25) is 11.7 Å². The molecular formula is C27H24ClN5O2S2. The van der Waals surface area contributed by atoms with E-state index in [0.717, 1.165) is 40.6 Å². The summed E-state index contributed by atoms with van der Waals surface area (Å²) in [5.41, 5.74) is 2.76. The Bertz CT molecular complexity index is 1680. The fourth-order valence-corrected chi connectivity index (χ4v) is 7.08. The zero-order chi connectivity index (χ0) is 25.5. The van der Waals surface area contributed by atoms with Crippen molar-refractivity contribution < 1.29 is 4.79 Å². The molecule has 1 amide bonds. The summed E-state index contributed by atoms with van der Waals surface area (Å²) in [6.45, 7) is 2.70. The highest BCUT2D eigenvalue weighted by molar-refractivity contribution is 7.99. The number of fused-ring (bicyclic) bond motifs is 5. The summed E-state index contributed by atoms with van der Waals surface area (Å²) in [6, 6.07) is 17.0. The topological polar surface area (TPSA) is 81.3 Å². The summed E-state index contributed by atoms with van der Waals surface area (Å²) >= 11 is 9.09. The number of nitrogens with one attached hydrogen (secondary N) is 1. The smallest absolute Gasteiger partial charge is 0.268 e. The maximum Gasteiger partial charge on any atom is 0.268 e. The molecule has 2 aromatic carbocycles. The monoisotopic (exact) mass is 549 g/mol. The van der Waals surface area contributed by atoms with Crippen LogP contribution in [0.5, 0.6) is 0 Å². The van der Waals surface area contributed by atoms with Crippen molar-refractivity contribution >= 4 is 56.6 Å². The van der Waals surface area contributed by atoms with Crippen molar-refractivity contribution in [2.24, 2.45) is 5.92 Å². The lowest BCUT2D eigenvalue weighted by Crippen LogP contribution is -2.24. The van der Waals surface area contributed by atoms with Crippen molar-refractivity contribution in [3.63, 3.8) is 0 Å². The molecule has 0 saturated carbocycles. The van der Waals surface area contributed by atoms with Crippen LogP contribution in [0.3, 0.4) is 0 Å². The molecular weight excluding hydrogens is 526 g/mol. The van der Waals surface area contributed by atoms with Crippen LogP contribution in [-0.2, 0) is 24.2 Å². The first-order valence-electron chi connectivity index (χ1n) is 12.1. The van der Waals surface area contributed by atoms with E-state index in [-0.39, 0.29) is 17.2 Å². The summed E-state index contributed by atoms with van der Waals surface area (Å²) in [4.78, 5) is 28.7. The Hall–Kier alpha value is -3.14. The Kier molecular flexibility index (Phi) is 6.52. The lowest BCUT2D eigenvalue weighted by molar-refractivity contribution is -0.118. The molecule has 1 atom stereocenters. The molecule has 1 aliphatic rings. The lowest BCUT2D eigenvalue weighted by Gasteiger charge is -2.18. The third-order valence-electron chi connectivity index (χ3n) is 6.67. The van der Waals surface area contributed by atoms with Gasteiger partial charge in [-0.15, -0.1) is 21.5 Å². The van der Waals surface area contributed by atoms with E-state index in [2.05, 4.69) is 22.4 Å². The second-order valence-corrected chi connectivity index (χ2v) is 11.8. The Morgan fingerprint density at radius 1 is 1.16 bits per heavy atom. The molecule has 10 heteroatoms. The molecule has 1 N–H and O–H groups in total. The predicted octanol–water partition coefficient (Wildman–Crippen LogP) is 5.28. The number of halogens is 1. The zero-order valence-electron chi connectivity index (χ0n) is 20.1. The Balaban J connectivity index is 1.42. The fourth-order valence-electron chi connectivity index (χ4n) is 4.80. The maximum absolute atomic E-state index is 13.9. The van der Waals surface area contributed by atoms with Gasteiger partial charge in [-0.3, -0.25) is 9.59 Å². The van der Waals surface area contributed by atoms with Gasteiger partial charge in [0.25, 0.3) is 5.56 Å². The van der Waals surface area contributed by atoms with E-state index in [9.17, 15) is 9.59 Å². The summed E-state index contributed by atoms with van der Waals surface area (Å²) in [5, 5.41) is 13.7. The standard InChI is InChI=1S/C27H24ClN5O2S2/c1-16-7-12-21-20(13-16)23-24(35)32(19-10-8-18(28)9-11-19)26-30-31-27(33(26)25(23)37-21)36-15-22(34)29-14-17-5-3-2-4-6-17/h2-6,8-11,16H,7,12-15H2,1H3,(H,29,34)/t16-/m1/s1. The van der Waals surface area contributed by atoms with Gasteiger partial charge in [0.05, 0.1) is 16.8 Å². The van der Waals surface area contributed by atoms with Gasteiger partial charge in [-0.05, 0) is 60.6 Å². The number of rotatable bonds is 6. The van der Waals surface area contributed by atoms with Crippen LogP contribution in [0, 0.1) is 5.92 Å². The third kappa shape index (κ3) is 4.56. The second-order valence-electron chi connectivity index (χ2n) is 9.32. The van der Waals surface area contributed by atoms with Crippen LogP contribution in [0.4, 0.5) is 0 Å². The summed E-state index contributed by atoms with van der Waals surface area (Å²) in [7, 11) is 0. The first-order chi connectivity index (χ1) is 18.0. The van der Waals surface area contributed by atoms with Crippen LogP contribution >= 0.6 is 34.7 Å². The van der Waals surface area contributed by atoms with Crippen molar-refractivity contribution in [1.82, 2.24) is 24.5 Å². The average Bonchev–Trinajstić information content (AvgIpc) is 3.49. The first kappa shape index (κ1) is 24.2. The van der Waals surface area contributed by atoms with Crippen molar-refractivity contribution in [1.29, 1.82) is 0 Å². The van der Waals surface area contributed by atoms with Crippen molar-refractivity contribution in [2.45, 2.75) is 37.9 Å². The van der Waals surface area contributed by atoms with Gasteiger partial charge < -0.3 is 5.32 Å². The number of carbonyl (C=O) groups is 1. The number of aromatic nitrogens is 4. The summed E-state index contributed by atoms with van der Waals surface area (Å²) in [6.07, 6.45) is 2.95. The highest BCUT2D eigenvalue weighted by Crippen LogP contribution is 2.38. The molecule has 5 aromatic rings. The molecule has 0 bridgehead atoms. The summed E-state index contributed by atoms with van der Waals surface area (Å²) < 4.78 is 3.55. The number of thioether (sulfide) groups is 1. The number of amides is 1. The highest BCUT2D eigenvalue weighted by Gasteiger charge is 2.27. The molecule has 7 nitrogen and oxygen atoms in total. The van der Waals surface area contributed by atoms with E-state index >= 15 is 0 Å². The Morgan fingerprint density at radius 2 is 1.95 bits per heavy atom. The number of nitrogens with zero attached hydrogens (tertiary/aromatic N) is 4. The van der Waals surface area contributed by atoms with E-state index in [0.29, 0.717) is 34.1 Å². The van der Waals surface area contributed by atoms with Gasteiger partial charge in [0.1, 0.15) is 4.83 Å². The van der Waals surface area contributed by atoms with Crippen molar-refractivity contribution in [2.75, 3.05) is 5.75 Å². The van der Waals surface area contributed by atoms with E-state index in [1.54, 1.807) is 28.0 Å². The largest absolute Gasteiger partial charge is 0.351 e. The minimum Gasteiger partial charge on any atom is -0.351 e. The normalized spacial score (nSPS) is 15.2. The van der Waals surface area contributed by atoms with Crippen LogP contribution < -0.4 is 10.9 Å². The van der Waals surface area contributed by atoms with Gasteiger partial charge >= 0.3 is 0 Å². The number of thiophene rings is 1. The number of aryl methyl sites for hydroxylation is 1. The average molecular weight is 550 g/mol. The number of hydrogen-bond acceptors (Lipinski definition) is 6. The first-order valence-corrected chi connectivity index (χ1v) is 14.3. The lowest BCUT2D eigenvalue weighted by atomic mass is 9.89. The molecule has 37 heavy (non-hydrogen) atoms. The molecule has 0 radical (unpaired) electrons. The number of carbonyl (C=O) groups excluding carboxylic acids is 1. The van der Waals surface area contributed by atoms with Gasteiger partial charge in [-0.2, -0.15) is 0 Å². The summed E-state index contributed by atoms with van der Waals surface area (Å²) in [5.74, 6) is 1.05. The molecule has 1 aliphatic carbocycles. The molecule has 0 fully saturated rings. The fraction of sp³-hybridized carbons (Fsp3) is 0.259. The third-order valence-corrected chi connectivity index (χ3v) is 9.13. The van der Waals surface area contributed by atoms with E-state index < -0.39 is 0 Å². The molecule has 0 unspecified atom stereocenters. The van der Waals surface area contributed by atoms with Crippen LogP contribution in [0.1, 0.15) is 29.3 Å². The van der Waals surface area contributed by atoms with Gasteiger partial charge in [0.15, 0.2) is 5.16 Å². The molecule has 188 valence electrons. The van der Waals surface area contributed by atoms with Crippen molar-refractivity contribution in [3.8, 4) is 5.69 Å². The molecule has 3 heterocycles. The molecule has 0 spiro atoms. The van der Waals surface area contributed by atoms with E-state index in [1.165, 1.54) is 16.6 Å². The Labute approximate surface area is 226 Å². The zero-order valence-corrected chi connectivity index (χ0v) is 22.5. The van der Waals surface area contributed by atoms with E-state index in [4.69, 9.17) is 11.6 Å². The molecule has 0 saturated heterocycles. The maximum atomic E-state index is 13.9. The highest BCUT2D eigenvalue weighted by atomic mass is 35.5. The SMILES string of the molecule is C[C@@H]1CCc2sc3c(c2C1)c(=O)n(-c1ccc(Cl)cc1)c1nnc(SCC(=O)NCc2ccccc2)n31. The predicted molar refractivity (Wildman–Crippen MR) is 149 cm³/mol. The van der Waals surface area contributed by atoms with E-state index in [1.807, 2.05) is 46.9 Å². The van der Waals surface area contributed by atoms with Crippen LogP contribution in [-0.4, -0.2) is 30.8 Å². The van der Waals surface area contributed by atoms with Gasteiger partial charge in [-0.25, -0.2) is 8.97 Å².